The number of ether oxygens (including phenoxy) is 1. The van der Waals surface area contributed by atoms with Crippen molar-refractivity contribution in [3.05, 3.63) is 58.9 Å². The number of hydrogen-bond acceptors (Lipinski definition) is 3. The highest BCUT2D eigenvalue weighted by molar-refractivity contribution is 6.00. The molecule has 2 aromatic carbocycles. The largest absolute Gasteiger partial charge is 0.481 e. The first-order valence-corrected chi connectivity index (χ1v) is 10.4. The summed E-state index contributed by atoms with van der Waals surface area (Å²) < 4.78 is 52.5. The molecule has 0 aliphatic carbocycles. The Morgan fingerprint density at radius 2 is 2.03 bits per heavy atom. The molecule has 0 unspecified atom stereocenters. The van der Waals surface area contributed by atoms with Crippen molar-refractivity contribution in [3.8, 4) is 5.69 Å². The zero-order valence-corrected chi connectivity index (χ0v) is 18.7. The summed E-state index contributed by atoms with van der Waals surface area (Å²) in [6.07, 6.45) is -1.37. The van der Waals surface area contributed by atoms with Crippen molar-refractivity contribution in [2.45, 2.75) is 38.8 Å². The molecular formula is C24H24F3N3O3. The number of benzene rings is 2. The molecule has 0 saturated carbocycles. The van der Waals surface area contributed by atoms with E-state index in [1.807, 2.05) is 0 Å². The van der Waals surface area contributed by atoms with Crippen LogP contribution in [0.2, 0.25) is 0 Å². The van der Waals surface area contributed by atoms with Crippen LogP contribution in [0.1, 0.15) is 43.3 Å². The minimum Gasteiger partial charge on any atom is -0.481 e. The van der Waals surface area contributed by atoms with E-state index >= 15 is 8.78 Å². The standard InChI is InChI=1S/C24H24F3N3O3/c1-12-7-14(5-6-15(12)25)30-17-8-13-10-28-29-22(13)21(27)20(17)19(16(26)9-18(31)32)23(30)24(2,3)11-33-4/h5-8,10,16H,9,11H2,1-4H3,(H,28,29)(H,31,32)/t16-/m1/s1. The Morgan fingerprint density at radius 3 is 2.67 bits per heavy atom. The Balaban J connectivity index is 2.22. The van der Waals surface area contributed by atoms with Crippen molar-refractivity contribution in [2.75, 3.05) is 13.7 Å². The second-order valence-electron chi connectivity index (χ2n) is 8.83. The first-order chi connectivity index (χ1) is 15.6. The lowest BCUT2D eigenvalue weighted by molar-refractivity contribution is -0.138. The van der Waals surface area contributed by atoms with Crippen molar-refractivity contribution in [1.29, 1.82) is 0 Å². The average molecular weight is 459 g/mol. The number of aryl methyl sites for hydroxylation is 1. The van der Waals surface area contributed by atoms with Gasteiger partial charge in [-0.15, -0.1) is 0 Å². The van der Waals surface area contributed by atoms with Crippen LogP contribution in [-0.4, -0.2) is 39.6 Å². The summed E-state index contributed by atoms with van der Waals surface area (Å²) in [5.74, 6) is -2.49. The molecule has 2 aromatic heterocycles. The van der Waals surface area contributed by atoms with Crippen molar-refractivity contribution < 1.29 is 27.8 Å². The molecule has 0 radical (unpaired) electrons. The molecule has 0 aliphatic heterocycles. The van der Waals surface area contributed by atoms with E-state index in [-0.39, 0.29) is 23.1 Å². The van der Waals surface area contributed by atoms with E-state index in [4.69, 9.17) is 4.74 Å². The molecule has 4 rings (SSSR count). The van der Waals surface area contributed by atoms with Gasteiger partial charge < -0.3 is 14.4 Å². The van der Waals surface area contributed by atoms with Gasteiger partial charge in [0.1, 0.15) is 17.5 Å². The minimum absolute atomic E-state index is 0.0401. The maximum absolute atomic E-state index is 15.8. The highest BCUT2D eigenvalue weighted by Gasteiger charge is 2.37. The van der Waals surface area contributed by atoms with Gasteiger partial charge in [-0.1, -0.05) is 13.8 Å². The molecule has 174 valence electrons. The Bertz CT molecular complexity index is 1370. The number of rotatable bonds is 7. The van der Waals surface area contributed by atoms with Crippen molar-refractivity contribution in [1.82, 2.24) is 14.8 Å². The first-order valence-electron chi connectivity index (χ1n) is 10.4. The first kappa shape index (κ1) is 22.8. The van der Waals surface area contributed by atoms with Gasteiger partial charge in [-0.05, 0) is 36.8 Å². The molecule has 2 N–H and O–H groups in total. The molecule has 0 saturated heterocycles. The van der Waals surface area contributed by atoms with E-state index in [1.165, 1.54) is 25.4 Å². The summed E-state index contributed by atoms with van der Waals surface area (Å²) in [4.78, 5) is 11.4. The highest BCUT2D eigenvalue weighted by atomic mass is 19.1. The highest BCUT2D eigenvalue weighted by Crippen LogP contribution is 2.44. The third-order valence-corrected chi connectivity index (χ3v) is 5.86. The normalized spacial score (nSPS) is 13.2. The molecule has 6 nitrogen and oxygen atoms in total. The number of fused-ring (bicyclic) bond motifs is 2. The van der Waals surface area contributed by atoms with E-state index in [0.717, 1.165) is 0 Å². The number of carbonyl (C=O) groups is 1. The Morgan fingerprint density at radius 1 is 1.30 bits per heavy atom. The number of nitrogens with zero attached hydrogens (tertiary/aromatic N) is 2. The molecule has 33 heavy (non-hydrogen) atoms. The molecule has 2 heterocycles. The van der Waals surface area contributed by atoms with E-state index in [1.54, 1.807) is 37.5 Å². The van der Waals surface area contributed by atoms with Gasteiger partial charge >= 0.3 is 5.97 Å². The Kier molecular flexibility index (Phi) is 5.69. The Hall–Kier alpha value is -3.33. The van der Waals surface area contributed by atoms with Crippen molar-refractivity contribution in [2.24, 2.45) is 0 Å². The van der Waals surface area contributed by atoms with E-state index in [0.29, 0.717) is 27.8 Å². The third-order valence-electron chi connectivity index (χ3n) is 5.86. The fraction of sp³-hybridized carbons (Fsp3) is 0.333. The van der Waals surface area contributed by atoms with Gasteiger partial charge in [-0.3, -0.25) is 9.89 Å². The van der Waals surface area contributed by atoms with Gasteiger partial charge in [0.2, 0.25) is 0 Å². The second kappa shape index (κ2) is 8.22. The lowest BCUT2D eigenvalue weighted by Crippen LogP contribution is -2.28. The second-order valence-corrected chi connectivity index (χ2v) is 8.83. The summed E-state index contributed by atoms with van der Waals surface area (Å²) in [7, 11) is 1.50. The van der Waals surface area contributed by atoms with E-state index in [9.17, 15) is 14.3 Å². The number of aliphatic carboxylic acids is 1. The number of aromatic nitrogens is 3. The van der Waals surface area contributed by atoms with E-state index < -0.39 is 35.6 Å². The van der Waals surface area contributed by atoms with Crippen LogP contribution in [-0.2, 0) is 14.9 Å². The maximum atomic E-state index is 15.8. The number of hydrogen-bond donors (Lipinski definition) is 2. The molecule has 0 amide bonds. The topological polar surface area (TPSA) is 80.1 Å². The van der Waals surface area contributed by atoms with Gasteiger partial charge in [0.05, 0.1) is 24.7 Å². The van der Waals surface area contributed by atoms with Gasteiger partial charge in [0.25, 0.3) is 0 Å². The zero-order valence-electron chi connectivity index (χ0n) is 18.7. The predicted octanol–water partition coefficient (Wildman–Crippen LogP) is 5.50. The van der Waals surface area contributed by atoms with Gasteiger partial charge in [-0.2, -0.15) is 5.10 Å². The lowest BCUT2D eigenvalue weighted by atomic mass is 9.85. The minimum atomic E-state index is -1.99. The van der Waals surface area contributed by atoms with Crippen LogP contribution in [0.3, 0.4) is 0 Å². The van der Waals surface area contributed by atoms with Gasteiger partial charge in [0.15, 0.2) is 5.82 Å². The number of halogens is 3. The summed E-state index contributed by atoms with van der Waals surface area (Å²) in [5, 5.41) is 16.2. The van der Waals surface area contributed by atoms with Crippen LogP contribution >= 0.6 is 0 Å². The zero-order chi connectivity index (χ0) is 24.1. The molecule has 4 aromatic rings. The number of alkyl halides is 1. The van der Waals surface area contributed by atoms with E-state index in [2.05, 4.69) is 10.2 Å². The van der Waals surface area contributed by atoms with Crippen molar-refractivity contribution in [3.63, 3.8) is 0 Å². The number of nitrogens with one attached hydrogen (secondary N) is 1. The fourth-order valence-electron chi connectivity index (χ4n) is 4.52. The summed E-state index contributed by atoms with van der Waals surface area (Å²) >= 11 is 0. The summed E-state index contributed by atoms with van der Waals surface area (Å²) in [6, 6.07) is 6.08. The van der Waals surface area contributed by atoms with Crippen molar-refractivity contribution >= 4 is 27.8 Å². The van der Waals surface area contributed by atoms with Crippen LogP contribution in [0, 0.1) is 18.6 Å². The number of methoxy groups -OCH3 is 1. The number of carboxylic acid groups (broad SMARTS) is 1. The molecule has 0 spiro atoms. The predicted molar refractivity (Wildman–Crippen MR) is 119 cm³/mol. The number of aromatic amines is 1. The summed E-state index contributed by atoms with van der Waals surface area (Å²) in [5.41, 5.74) is 0.716. The molecule has 0 aliphatic rings. The number of H-pyrrole nitrogens is 1. The maximum Gasteiger partial charge on any atom is 0.306 e. The SMILES string of the molecule is COCC(C)(C)c1c([C@H](F)CC(=O)O)c2c(F)c3[nH]ncc3cc2n1-c1ccc(F)c(C)c1. The quantitative estimate of drug-likeness (QED) is 0.382. The molecule has 0 fully saturated rings. The van der Waals surface area contributed by atoms with Gasteiger partial charge in [-0.25, -0.2) is 13.2 Å². The van der Waals surface area contributed by atoms with Crippen LogP contribution in [0.4, 0.5) is 13.2 Å². The smallest absolute Gasteiger partial charge is 0.306 e. The van der Waals surface area contributed by atoms with Crippen LogP contribution < -0.4 is 0 Å². The Labute approximate surface area is 188 Å². The number of carboxylic acids is 1. The van der Waals surface area contributed by atoms with Crippen LogP contribution in [0.25, 0.3) is 27.5 Å². The monoisotopic (exact) mass is 459 g/mol. The molecular weight excluding hydrogens is 435 g/mol. The molecule has 9 heteroatoms. The average Bonchev–Trinajstić information content (AvgIpc) is 3.33. The van der Waals surface area contributed by atoms with Crippen LogP contribution in [0.5, 0.6) is 0 Å². The van der Waals surface area contributed by atoms with Crippen LogP contribution in [0.15, 0.2) is 30.5 Å². The molecule has 0 bridgehead atoms. The molecule has 1 atom stereocenters. The summed E-state index contributed by atoms with van der Waals surface area (Å²) in [6.45, 7) is 5.36. The fourth-order valence-corrected chi connectivity index (χ4v) is 4.52. The lowest BCUT2D eigenvalue weighted by Gasteiger charge is -2.29. The van der Waals surface area contributed by atoms with Gasteiger partial charge in [0, 0.05) is 40.2 Å². The third kappa shape index (κ3) is 3.76.